The summed E-state index contributed by atoms with van der Waals surface area (Å²) >= 11 is 0. The van der Waals surface area contributed by atoms with E-state index in [9.17, 15) is 19.8 Å². The van der Waals surface area contributed by atoms with Crippen molar-refractivity contribution in [1.29, 1.82) is 0 Å². The van der Waals surface area contributed by atoms with Gasteiger partial charge in [0.1, 0.15) is 11.7 Å². The summed E-state index contributed by atoms with van der Waals surface area (Å²) in [5, 5.41) is 20.8. The molecule has 2 N–H and O–H groups in total. The Morgan fingerprint density at radius 2 is 1.91 bits per heavy atom. The van der Waals surface area contributed by atoms with Gasteiger partial charge in [-0.15, -0.1) is 0 Å². The Morgan fingerprint density at radius 3 is 2.56 bits per heavy atom. The van der Waals surface area contributed by atoms with E-state index in [0.29, 0.717) is 19.5 Å². The van der Waals surface area contributed by atoms with Crippen LogP contribution in [0.3, 0.4) is 0 Å². The summed E-state index contributed by atoms with van der Waals surface area (Å²) in [6.07, 6.45) is 9.28. The number of rotatable bonds is 10. The summed E-state index contributed by atoms with van der Waals surface area (Å²) in [6, 6.07) is 0. The summed E-state index contributed by atoms with van der Waals surface area (Å²) in [7, 11) is 3.61. The second kappa shape index (κ2) is 17.1. The third-order valence-electron chi connectivity index (χ3n) is 9.78. The molecule has 6 unspecified atom stereocenters. The van der Waals surface area contributed by atoms with E-state index < -0.39 is 36.0 Å². The molecule has 0 aromatic heterocycles. The zero-order valence-corrected chi connectivity index (χ0v) is 28.7. The highest BCUT2D eigenvalue weighted by molar-refractivity contribution is 5.70. The number of hydrogen-bond donors (Lipinski definition) is 2. The van der Waals surface area contributed by atoms with Crippen LogP contribution in [0.5, 0.6) is 0 Å². The molecule has 3 aliphatic heterocycles. The van der Waals surface area contributed by atoms with Gasteiger partial charge in [-0.3, -0.25) is 4.79 Å². The molecule has 0 bridgehead atoms. The fourth-order valence-electron chi connectivity index (χ4n) is 6.17. The Morgan fingerprint density at radius 1 is 1.22 bits per heavy atom. The molecule has 0 radical (unpaired) electrons. The maximum atomic E-state index is 13.2. The van der Waals surface area contributed by atoms with E-state index in [1.165, 1.54) is 0 Å². The number of cyclic esters (lactones) is 1. The standard InChI is InChI=1S/C35H58N2O8/c1-9-28(39)26(5)33-29(43-33)21-23(2)11-10-12-24(3)32-25(4)13-14-30(44-34(41)37-19-17-36(7)18-20-37)35(6,42-8)16-15-27(38)22-31(40)45-32/h10-14,23,25-30,32-33,38-39H,9,15-22H2,1-8H3/b11-10+,14-13?,24-12+/t23?,25?,26-,27?,28+,29-,30?,32?,33-,35?/m1/s1. The summed E-state index contributed by atoms with van der Waals surface area (Å²) in [5.41, 5.74) is -0.0467. The lowest BCUT2D eigenvalue weighted by molar-refractivity contribution is -0.151. The van der Waals surface area contributed by atoms with Gasteiger partial charge in [-0.2, -0.15) is 0 Å². The minimum atomic E-state index is -0.917. The molecule has 2 fully saturated rings. The van der Waals surface area contributed by atoms with Crippen LogP contribution in [0.2, 0.25) is 0 Å². The first kappa shape index (κ1) is 37.2. The lowest BCUT2D eigenvalue weighted by Gasteiger charge is -2.38. The second-order valence-electron chi connectivity index (χ2n) is 13.6. The largest absolute Gasteiger partial charge is 0.457 e. The molecular formula is C35H58N2O8. The number of amides is 1. The van der Waals surface area contributed by atoms with Crippen molar-refractivity contribution in [2.75, 3.05) is 40.3 Å². The molecule has 0 aromatic rings. The number of carbonyl (C=O) groups excluding carboxylic acids is 2. The van der Waals surface area contributed by atoms with Crippen LogP contribution in [0.4, 0.5) is 4.79 Å². The van der Waals surface area contributed by atoms with Crippen LogP contribution in [0, 0.1) is 17.8 Å². The Labute approximate surface area is 270 Å². The van der Waals surface area contributed by atoms with Gasteiger partial charge in [-0.25, -0.2) is 4.79 Å². The van der Waals surface area contributed by atoms with E-state index in [2.05, 4.69) is 17.9 Å². The number of piperazine rings is 1. The van der Waals surface area contributed by atoms with E-state index in [1.54, 1.807) is 12.0 Å². The van der Waals surface area contributed by atoms with Crippen molar-refractivity contribution >= 4 is 12.1 Å². The van der Waals surface area contributed by atoms with Gasteiger partial charge in [0, 0.05) is 45.1 Å². The molecule has 0 spiro atoms. The van der Waals surface area contributed by atoms with E-state index in [-0.39, 0.29) is 48.9 Å². The monoisotopic (exact) mass is 634 g/mol. The molecular weight excluding hydrogens is 576 g/mol. The number of carbonyl (C=O) groups is 2. The Kier molecular flexibility index (Phi) is 14.1. The van der Waals surface area contributed by atoms with E-state index >= 15 is 0 Å². The zero-order chi connectivity index (χ0) is 33.3. The van der Waals surface area contributed by atoms with Crippen molar-refractivity contribution in [3.8, 4) is 0 Å². The number of methoxy groups -OCH3 is 1. The quantitative estimate of drug-likeness (QED) is 0.155. The van der Waals surface area contributed by atoms with Crippen LogP contribution in [-0.2, 0) is 23.7 Å². The zero-order valence-electron chi connectivity index (χ0n) is 28.7. The summed E-state index contributed by atoms with van der Waals surface area (Å²) in [5.74, 6) is -0.316. The van der Waals surface area contributed by atoms with E-state index in [0.717, 1.165) is 31.5 Å². The molecule has 3 aliphatic rings. The third-order valence-corrected chi connectivity index (χ3v) is 9.78. The predicted octanol–water partition coefficient (Wildman–Crippen LogP) is 4.50. The van der Waals surface area contributed by atoms with E-state index in [1.807, 2.05) is 66.0 Å². The number of likely N-dealkylation sites (N-methyl/N-ethyl adjacent to an activating group) is 1. The molecule has 3 rings (SSSR count). The van der Waals surface area contributed by atoms with Crippen molar-refractivity contribution in [2.24, 2.45) is 17.8 Å². The van der Waals surface area contributed by atoms with Gasteiger partial charge >= 0.3 is 12.1 Å². The van der Waals surface area contributed by atoms with Crippen LogP contribution in [0.25, 0.3) is 0 Å². The molecule has 0 aliphatic carbocycles. The molecule has 10 nitrogen and oxygen atoms in total. The van der Waals surface area contributed by atoms with Gasteiger partial charge in [0.2, 0.25) is 0 Å². The van der Waals surface area contributed by atoms with Crippen LogP contribution in [0.1, 0.15) is 73.6 Å². The molecule has 256 valence electrons. The number of aliphatic hydroxyl groups is 2. The summed E-state index contributed by atoms with van der Waals surface area (Å²) in [4.78, 5) is 30.0. The third kappa shape index (κ3) is 10.9. The fraction of sp³-hybridized carbons (Fsp3) is 0.771. The number of allylic oxidation sites excluding steroid dienone is 3. The average Bonchev–Trinajstić information content (AvgIpc) is 3.77. The number of epoxide rings is 1. The minimum Gasteiger partial charge on any atom is -0.457 e. The number of nitrogens with zero attached hydrogens (tertiary/aromatic N) is 2. The molecule has 0 saturated carbocycles. The highest BCUT2D eigenvalue weighted by Gasteiger charge is 2.45. The molecule has 0 aromatic carbocycles. The van der Waals surface area contributed by atoms with Crippen molar-refractivity contribution in [1.82, 2.24) is 9.80 Å². The lowest BCUT2D eigenvalue weighted by atomic mass is 9.88. The van der Waals surface area contributed by atoms with E-state index in [4.69, 9.17) is 18.9 Å². The van der Waals surface area contributed by atoms with Gasteiger partial charge in [0.15, 0.2) is 6.10 Å². The van der Waals surface area contributed by atoms with Crippen molar-refractivity contribution in [3.05, 3.63) is 36.0 Å². The Hall–Kier alpha value is -2.24. The highest BCUT2D eigenvalue weighted by Crippen LogP contribution is 2.36. The predicted molar refractivity (Wildman–Crippen MR) is 174 cm³/mol. The first-order valence-electron chi connectivity index (χ1n) is 16.7. The minimum absolute atomic E-state index is 0.108. The second-order valence-corrected chi connectivity index (χ2v) is 13.6. The van der Waals surface area contributed by atoms with Crippen LogP contribution >= 0.6 is 0 Å². The number of hydrogen-bond acceptors (Lipinski definition) is 9. The Bertz CT molecular complexity index is 1050. The Balaban J connectivity index is 1.74. The molecule has 45 heavy (non-hydrogen) atoms. The maximum Gasteiger partial charge on any atom is 0.410 e. The van der Waals surface area contributed by atoms with Crippen LogP contribution in [0.15, 0.2) is 36.0 Å². The highest BCUT2D eigenvalue weighted by atomic mass is 16.6. The molecule has 3 heterocycles. The number of esters is 1. The first-order valence-corrected chi connectivity index (χ1v) is 16.7. The smallest absolute Gasteiger partial charge is 0.410 e. The van der Waals surface area contributed by atoms with Crippen molar-refractivity contribution < 1.29 is 38.7 Å². The molecule has 10 heteroatoms. The number of aliphatic hydroxyl groups excluding tert-OH is 2. The maximum absolute atomic E-state index is 13.2. The first-order chi connectivity index (χ1) is 21.3. The molecule has 2 saturated heterocycles. The number of ether oxygens (including phenoxy) is 4. The fourth-order valence-corrected chi connectivity index (χ4v) is 6.17. The normalized spacial score (nSPS) is 34.4. The summed E-state index contributed by atoms with van der Waals surface area (Å²) in [6.45, 7) is 14.7. The van der Waals surface area contributed by atoms with Gasteiger partial charge in [-0.1, -0.05) is 52.0 Å². The van der Waals surface area contributed by atoms with Gasteiger partial charge in [0.25, 0.3) is 0 Å². The molecule has 1 amide bonds. The van der Waals surface area contributed by atoms with Crippen molar-refractivity contribution in [2.45, 2.75) is 116 Å². The average molecular weight is 635 g/mol. The van der Waals surface area contributed by atoms with Crippen LogP contribution < -0.4 is 0 Å². The molecule has 10 atom stereocenters. The SMILES string of the molecule is CC[C@H](O)[C@@H](C)[C@H]1O[C@@H]1CC(C)/C=C/C=C(\C)C1OC(=O)CC(O)CCC(C)(OC)C(OC(=O)N2CCN(C)CC2)C=CC1C. The van der Waals surface area contributed by atoms with Gasteiger partial charge in [0.05, 0.1) is 30.8 Å². The van der Waals surface area contributed by atoms with Gasteiger partial charge in [-0.05, 0) is 64.1 Å². The van der Waals surface area contributed by atoms with Crippen LogP contribution in [-0.4, -0.2) is 115 Å². The van der Waals surface area contributed by atoms with Crippen molar-refractivity contribution in [3.63, 3.8) is 0 Å². The van der Waals surface area contributed by atoms with Gasteiger partial charge < -0.3 is 39.0 Å². The lowest BCUT2D eigenvalue weighted by Crippen LogP contribution is -2.50. The summed E-state index contributed by atoms with van der Waals surface area (Å²) < 4.78 is 23.7. The topological polar surface area (TPSA) is 121 Å².